The molecule has 0 aliphatic heterocycles. The quantitative estimate of drug-likeness (QED) is 0.913. The largest absolute Gasteiger partial charge is 0.490 e. The van der Waals surface area contributed by atoms with E-state index in [1.54, 1.807) is 0 Å². The van der Waals surface area contributed by atoms with Crippen molar-refractivity contribution in [3.05, 3.63) is 47.8 Å². The predicted molar refractivity (Wildman–Crippen MR) is 76.1 cm³/mol. The first-order valence-electron chi connectivity index (χ1n) is 6.43. The Hall–Kier alpha value is -1.87. The molecule has 2 aromatic rings. The molecular formula is C16H19NO2. The monoisotopic (exact) mass is 257 g/mol. The topological polar surface area (TPSA) is 42.4 Å². The zero-order valence-corrected chi connectivity index (χ0v) is 11.6. The normalized spacial score (nSPS) is 10.8. The highest BCUT2D eigenvalue weighted by molar-refractivity contribution is 5.70. The lowest BCUT2D eigenvalue weighted by molar-refractivity contribution is 0.243. The summed E-state index contributed by atoms with van der Waals surface area (Å²) in [5.41, 5.74) is 3.81. The second kappa shape index (κ2) is 5.85. The second-order valence-corrected chi connectivity index (χ2v) is 4.84. The van der Waals surface area contributed by atoms with Crippen molar-refractivity contribution >= 4 is 0 Å². The smallest absolute Gasteiger partial charge is 0.127 e. The summed E-state index contributed by atoms with van der Waals surface area (Å²) in [5.74, 6) is 0.817. The van der Waals surface area contributed by atoms with Crippen LogP contribution in [-0.4, -0.2) is 16.2 Å². The minimum absolute atomic E-state index is 0.0221. The average Bonchev–Trinajstić information content (AvgIpc) is 2.40. The van der Waals surface area contributed by atoms with Crippen LogP contribution >= 0.6 is 0 Å². The third-order valence-electron chi connectivity index (χ3n) is 2.81. The summed E-state index contributed by atoms with van der Waals surface area (Å²) >= 11 is 0. The molecule has 0 spiro atoms. The molecule has 0 saturated carbocycles. The minimum Gasteiger partial charge on any atom is -0.490 e. The van der Waals surface area contributed by atoms with Crippen LogP contribution in [0.1, 0.15) is 25.1 Å². The maximum atomic E-state index is 9.27. The van der Waals surface area contributed by atoms with Crippen molar-refractivity contribution in [2.24, 2.45) is 0 Å². The summed E-state index contributed by atoms with van der Waals surface area (Å²) in [5, 5.41) is 9.27. The van der Waals surface area contributed by atoms with Gasteiger partial charge in [0.25, 0.3) is 0 Å². The van der Waals surface area contributed by atoms with Gasteiger partial charge in [-0.2, -0.15) is 0 Å². The molecule has 0 fully saturated rings. The van der Waals surface area contributed by atoms with E-state index in [2.05, 4.69) is 4.98 Å². The van der Waals surface area contributed by atoms with E-state index in [4.69, 9.17) is 4.74 Å². The third kappa shape index (κ3) is 3.32. The molecule has 19 heavy (non-hydrogen) atoms. The van der Waals surface area contributed by atoms with Crippen LogP contribution in [0.25, 0.3) is 11.1 Å². The molecule has 0 aliphatic rings. The van der Waals surface area contributed by atoms with Crippen molar-refractivity contribution in [1.29, 1.82) is 0 Å². The minimum atomic E-state index is 0.0221. The summed E-state index contributed by atoms with van der Waals surface area (Å²) in [6.45, 7) is 5.97. The first kappa shape index (κ1) is 13.6. The molecule has 3 nitrogen and oxygen atoms in total. The van der Waals surface area contributed by atoms with E-state index in [-0.39, 0.29) is 12.7 Å². The van der Waals surface area contributed by atoms with Crippen molar-refractivity contribution in [2.45, 2.75) is 33.5 Å². The lowest BCUT2D eigenvalue weighted by atomic mass is 10.0. The fourth-order valence-electron chi connectivity index (χ4n) is 1.88. The van der Waals surface area contributed by atoms with Crippen LogP contribution in [0.5, 0.6) is 5.75 Å². The Balaban J connectivity index is 2.48. The third-order valence-corrected chi connectivity index (χ3v) is 2.81. The number of aryl methyl sites for hydroxylation is 1. The van der Waals surface area contributed by atoms with E-state index < -0.39 is 0 Å². The number of nitrogens with zero attached hydrogens (tertiary/aromatic N) is 1. The number of ether oxygens (including phenoxy) is 1. The van der Waals surface area contributed by atoms with Gasteiger partial charge in [0.15, 0.2) is 0 Å². The molecule has 100 valence electrons. The molecule has 0 aliphatic carbocycles. The maximum Gasteiger partial charge on any atom is 0.127 e. The number of pyridine rings is 1. The van der Waals surface area contributed by atoms with E-state index >= 15 is 0 Å². The van der Waals surface area contributed by atoms with Crippen LogP contribution in [0.2, 0.25) is 0 Å². The number of benzene rings is 1. The molecule has 1 heterocycles. The second-order valence-electron chi connectivity index (χ2n) is 4.84. The molecular weight excluding hydrogens is 238 g/mol. The van der Waals surface area contributed by atoms with Gasteiger partial charge >= 0.3 is 0 Å². The highest BCUT2D eigenvalue weighted by atomic mass is 16.5. The fourth-order valence-corrected chi connectivity index (χ4v) is 1.88. The first-order chi connectivity index (χ1) is 9.10. The highest BCUT2D eigenvalue weighted by Gasteiger charge is 2.09. The molecule has 1 aromatic heterocycles. The van der Waals surface area contributed by atoms with Gasteiger partial charge in [0.05, 0.1) is 12.7 Å². The highest BCUT2D eigenvalue weighted by Crippen LogP contribution is 2.31. The van der Waals surface area contributed by atoms with Crippen molar-refractivity contribution < 1.29 is 9.84 Å². The molecule has 2 rings (SSSR count). The summed E-state index contributed by atoms with van der Waals surface area (Å²) in [6.07, 6.45) is 1.94. The summed E-state index contributed by atoms with van der Waals surface area (Å²) in [6, 6.07) is 9.72. The average molecular weight is 257 g/mol. The predicted octanol–water partition coefficient (Wildman–Crippen LogP) is 3.34. The number of aliphatic hydroxyl groups is 1. The van der Waals surface area contributed by atoms with Crippen molar-refractivity contribution in [1.82, 2.24) is 4.98 Å². The number of aromatic nitrogens is 1. The van der Waals surface area contributed by atoms with Crippen molar-refractivity contribution in [3.63, 3.8) is 0 Å². The summed E-state index contributed by atoms with van der Waals surface area (Å²) < 4.78 is 5.82. The molecule has 0 radical (unpaired) electrons. The molecule has 0 bridgehead atoms. The lowest BCUT2D eigenvalue weighted by Crippen LogP contribution is -2.06. The number of aliphatic hydroxyl groups excluding tert-OH is 1. The van der Waals surface area contributed by atoms with Gasteiger partial charge in [-0.25, -0.2) is 0 Å². The van der Waals surface area contributed by atoms with Crippen LogP contribution in [0.3, 0.4) is 0 Å². The van der Waals surface area contributed by atoms with Crippen LogP contribution < -0.4 is 4.74 Å². The van der Waals surface area contributed by atoms with E-state index in [1.165, 1.54) is 0 Å². The van der Waals surface area contributed by atoms with E-state index in [1.807, 2.05) is 57.3 Å². The van der Waals surface area contributed by atoms with Gasteiger partial charge in [-0.3, -0.25) is 4.98 Å². The standard InChI is InChI=1S/C16H19NO2/c1-11(2)19-16-7-5-13(10-18)8-15(16)14-6-4-12(3)17-9-14/h4-9,11,18H,10H2,1-3H3. The summed E-state index contributed by atoms with van der Waals surface area (Å²) in [7, 11) is 0. The Bertz CT molecular complexity index is 547. The Morgan fingerprint density at radius 1 is 1.21 bits per heavy atom. The van der Waals surface area contributed by atoms with Gasteiger partial charge in [-0.1, -0.05) is 12.1 Å². The van der Waals surface area contributed by atoms with Gasteiger partial charge in [-0.15, -0.1) is 0 Å². The van der Waals surface area contributed by atoms with E-state index in [0.29, 0.717) is 0 Å². The molecule has 1 N–H and O–H groups in total. The Morgan fingerprint density at radius 2 is 2.00 bits per heavy atom. The zero-order chi connectivity index (χ0) is 13.8. The Morgan fingerprint density at radius 3 is 2.58 bits per heavy atom. The number of hydrogen-bond donors (Lipinski definition) is 1. The van der Waals surface area contributed by atoms with Gasteiger partial charge < -0.3 is 9.84 Å². The van der Waals surface area contributed by atoms with Gasteiger partial charge in [0.2, 0.25) is 0 Å². The zero-order valence-electron chi connectivity index (χ0n) is 11.6. The van der Waals surface area contributed by atoms with Crippen molar-refractivity contribution in [2.75, 3.05) is 0 Å². The maximum absolute atomic E-state index is 9.27. The van der Waals surface area contributed by atoms with E-state index in [0.717, 1.165) is 28.1 Å². The molecule has 1 aromatic carbocycles. The van der Waals surface area contributed by atoms with Crippen LogP contribution in [0.4, 0.5) is 0 Å². The van der Waals surface area contributed by atoms with E-state index in [9.17, 15) is 5.11 Å². The molecule has 3 heteroatoms. The van der Waals surface area contributed by atoms with Gasteiger partial charge in [-0.05, 0) is 44.5 Å². The molecule has 0 unspecified atom stereocenters. The number of hydrogen-bond acceptors (Lipinski definition) is 3. The van der Waals surface area contributed by atoms with Crippen LogP contribution in [0.15, 0.2) is 36.5 Å². The number of rotatable bonds is 4. The molecule has 0 amide bonds. The summed E-state index contributed by atoms with van der Waals surface area (Å²) in [4.78, 5) is 4.31. The van der Waals surface area contributed by atoms with Crippen LogP contribution in [0, 0.1) is 6.92 Å². The first-order valence-corrected chi connectivity index (χ1v) is 6.43. The SMILES string of the molecule is Cc1ccc(-c2cc(CO)ccc2OC(C)C)cn1. The van der Waals surface area contributed by atoms with Gasteiger partial charge in [0, 0.05) is 23.0 Å². The van der Waals surface area contributed by atoms with Crippen molar-refractivity contribution in [3.8, 4) is 16.9 Å². The molecule has 0 saturated heterocycles. The van der Waals surface area contributed by atoms with Crippen LogP contribution in [-0.2, 0) is 6.61 Å². The molecule has 0 atom stereocenters. The Kier molecular flexibility index (Phi) is 4.17. The fraction of sp³-hybridized carbons (Fsp3) is 0.312. The Labute approximate surface area is 113 Å². The lowest BCUT2D eigenvalue weighted by Gasteiger charge is -2.15. The van der Waals surface area contributed by atoms with Gasteiger partial charge in [0.1, 0.15) is 5.75 Å².